The molecule has 3 aromatic rings. The molecule has 0 atom stereocenters. The van der Waals surface area contributed by atoms with Gasteiger partial charge in [-0.15, -0.1) is 11.3 Å². The number of alkyl halides is 5. The maximum absolute atomic E-state index is 12.8. The van der Waals surface area contributed by atoms with Crippen LogP contribution in [-0.2, 0) is 12.7 Å². The Labute approximate surface area is 187 Å². The van der Waals surface area contributed by atoms with E-state index in [0.717, 1.165) is 16.2 Å². The fourth-order valence-corrected chi connectivity index (χ4v) is 4.10. The van der Waals surface area contributed by atoms with E-state index >= 15 is 0 Å². The van der Waals surface area contributed by atoms with Gasteiger partial charge in [-0.1, -0.05) is 12.1 Å². The topological polar surface area (TPSA) is 73.1 Å². The standard InChI is InChI=1S/C20H16F5N5O2S/c21-17(22)32-16-3-1-2-14(27-16)12-6-8-29(9-7-12)18-26-11-30(19(31)28-18)10-13-4-5-15(33-13)20(23,24)25/h1-6,11,17H,7-10H2. The number of halogens is 5. The molecule has 174 valence electrons. The van der Waals surface area contributed by atoms with Crippen molar-refractivity contribution in [1.82, 2.24) is 19.5 Å². The Morgan fingerprint density at radius 1 is 1.15 bits per heavy atom. The Kier molecular flexibility index (Phi) is 6.40. The van der Waals surface area contributed by atoms with Crippen LogP contribution in [0.5, 0.6) is 5.88 Å². The number of pyridine rings is 1. The molecule has 7 nitrogen and oxygen atoms in total. The number of hydrogen-bond acceptors (Lipinski definition) is 7. The molecule has 0 aromatic carbocycles. The van der Waals surface area contributed by atoms with Gasteiger partial charge < -0.3 is 9.64 Å². The fraction of sp³-hybridized carbons (Fsp3) is 0.300. The number of rotatable bonds is 6. The van der Waals surface area contributed by atoms with Crippen LogP contribution < -0.4 is 15.3 Å². The minimum atomic E-state index is -4.43. The molecule has 4 rings (SSSR count). The maximum Gasteiger partial charge on any atom is 0.425 e. The molecule has 0 unspecified atom stereocenters. The van der Waals surface area contributed by atoms with Crippen molar-refractivity contribution in [1.29, 1.82) is 0 Å². The van der Waals surface area contributed by atoms with Gasteiger partial charge in [0.05, 0.1) is 12.2 Å². The lowest BCUT2D eigenvalue weighted by Gasteiger charge is -2.26. The van der Waals surface area contributed by atoms with Crippen molar-refractivity contribution >= 4 is 22.9 Å². The first-order valence-electron chi connectivity index (χ1n) is 9.64. The summed E-state index contributed by atoms with van der Waals surface area (Å²) in [6, 6.07) is 6.89. The monoisotopic (exact) mass is 485 g/mol. The summed E-state index contributed by atoms with van der Waals surface area (Å²) in [7, 11) is 0. The third-order valence-corrected chi connectivity index (χ3v) is 5.89. The van der Waals surface area contributed by atoms with Crippen LogP contribution >= 0.6 is 11.3 Å². The second-order valence-electron chi connectivity index (χ2n) is 7.00. The summed E-state index contributed by atoms with van der Waals surface area (Å²) in [6.07, 6.45) is -0.838. The zero-order valence-corrected chi connectivity index (χ0v) is 17.6. The predicted octanol–water partition coefficient (Wildman–Crippen LogP) is 4.06. The van der Waals surface area contributed by atoms with E-state index in [4.69, 9.17) is 0 Å². The molecule has 33 heavy (non-hydrogen) atoms. The summed E-state index contributed by atoms with van der Waals surface area (Å²) in [6.45, 7) is -2.21. The largest absolute Gasteiger partial charge is 0.425 e. The number of nitrogens with zero attached hydrogens (tertiary/aromatic N) is 5. The molecule has 0 aliphatic carbocycles. The van der Waals surface area contributed by atoms with Crippen molar-refractivity contribution in [2.24, 2.45) is 0 Å². The smallest absolute Gasteiger partial charge is 0.417 e. The highest BCUT2D eigenvalue weighted by molar-refractivity contribution is 7.12. The molecule has 0 N–H and O–H groups in total. The lowest BCUT2D eigenvalue weighted by atomic mass is 10.0. The molecular weight excluding hydrogens is 469 g/mol. The number of ether oxygens (including phenoxy) is 1. The maximum atomic E-state index is 12.8. The van der Waals surface area contributed by atoms with Gasteiger partial charge in [-0.05, 0) is 30.2 Å². The minimum Gasteiger partial charge on any atom is -0.417 e. The molecule has 0 amide bonds. The van der Waals surface area contributed by atoms with E-state index < -0.39 is 23.4 Å². The first-order valence-corrected chi connectivity index (χ1v) is 10.5. The van der Waals surface area contributed by atoms with E-state index in [1.54, 1.807) is 17.0 Å². The van der Waals surface area contributed by atoms with Crippen LogP contribution in [0.4, 0.5) is 27.9 Å². The molecule has 3 aromatic heterocycles. The van der Waals surface area contributed by atoms with Gasteiger partial charge in [0, 0.05) is 24.0 Å². The van der Waals surface area contributed by atoms with Crippen LogP contribution in [0.1, 0.15) is 21.9 Å². The van der Waals surface area contributed by atoms with Gasteiger partial charge in [0.25, 0.3) is 0 Å². The number of hydrogen-bond donors (Lipinski definition) is 0. The van der Waals surface area contributed by atoms with Gasteiger partial charge in [0.2, 0.25) is 11.8 Å². The number of anilines is 1. The van der Waals surface area contributed by atoms with E-state index in [2.05, 4.69) is 19.7 Å². The van der Waals surface area contributed by atoms with Crippen molar-refractivity contribution in [3.05, 3.63) is 68.7 Å². The van der Waals surface area contributed by atoms with E-state index in [1.165, 1.54) is 18.5 Å². The molecule has 0 saturated carbocycles. The average molecular weight is 485 g/mol. The summed E-state index contributed by atoms with van der Waals surface area (Å²) >= 11 is 0.563. The molecule has 1 aliphatic rings. The summed E-state index contributed by atoms with van der Waals surface area (Å²) in [4.78, 5) is 25.9. The molecule has 4 heterocycles. The Bertz CT molecular complexity index is 1220. The van der Waals surface area contributed by atoms with Crippen LogP contribution in [0, 0.1) is 0 Å². The Hall–Kier alpha value is -3.35. The van der Waals surface area contributed by atoms with Crippen LogP contribution in [0.25, 0.3) is 5.57 Å². The normalized spacial score (nSPS) is 14.5. The van der Waals surface area contributed by atoms with Gasteiger partial charge in [-0.2, -0.15) is 26.9 Å². The van der Waals surface area contributed by atoms with E-state index in [1.807, 2.05) is 6.08 Å². The first-order chi connectivity index (χ1) is 15.7. The van der Waals surface area contributed by atoms with Crippen LogP contribution in [0.15, 0.2) is 47.5 Å². The first kappa shape index (κ1) is 22.8. The van der Waals surface area contributed by atoms with Crippen LogP contribution in [-0.4, -0.2) is 39.2 Å². The number of thiophene rings is 1. The predicted molar refractivity (Wildman–Crippen MR) is 110 cm³/mol. The van der Waals surface area contributed by atoms with Gasteiger partial charge in [0.15, 0.2) is 0 Å². The highest BCUT2D eigenvalue weighted by atomic mass is 32.1. The molecule has 1 aliphatic heterocycles. The lowest BCUT2D eigenvalue weighted by Crippen LogP contribution is -2.34. The zero-order chi connectivity index (χ0) is 23.6. The van der Waals surface area contributed by atoms with Gasteiger partial charge >= 0.3 is 18.5 Å². The average Bonchev–Trinajstić information content (AvgIpc) is 3.24. The fourth-order valence-electron chi connectivity index (χ4n) is 3.23. The van der Waals surface area contributed by atoms with Crippen molar-refractivity contribution in [3.8, 4) is 5.88 Å². The van der Waals surface area contributed by atoms with Crippen molar-refractivity contribution in [2.45, 2.75) is 25.8 Å². The van der Waals surface area contributed by atoms with Crippen molar-refractivity contribution < 1.29 is 26.7 Å². The summed E-state index contributed by atoms with van der Waals surface area (Å²) in [5, 5.41) is 0. The lowest BCUT2D eigenvalue weighted by molar-refractivity contribution is -0.134. The zero-order valence-electron chi connectivity index (χ0n) is 16.8. The summed E-state index contributed by atoms with van der Waals surface area (Å²) in [5.41, 5.74) is 0.714. The summed E-state index contributed by atoms with van der Waals surface area (Å²) in [5.74, 6) is 0.0160. The van der Waals surface area contributed by atoms with Crippen LogP contribution in [0.2, 0.25) is 0 Å². The molecule has 0 spiro atoms. The Morgan fingerprint density at radius 2 is 1.97 bits per heavy atom. The quantitative estimate of drug-likeness (QED) is 0.491. The molecule has 0 bridgehead atoms. The molecule has 0 radical (unpaired) electrons. The second kappa shape index (κ2) is 9.25. The van der Waals surface area contributed by atoms with E-state index in [-0.39, 0.29) is 18.4 Å². The molecular formula is C20H16F5N5O2S. The highest BCUT2D eigenvalue weighted by Crippen LogP contribution is 2.34. The van der Waals surface area contributed by atoms with E-state index in [9.17, 15) is 26.7 Å². The van der Waals surface area contributed by atoms with E-state index in [0.29, 0.717) is 41.4 Å². The molecule has 0 saturated heterocycles. The van der Waals surface area contributed by atoms with Crippen molar-refractivity contribution in [2.75, 3.05) is 18.0 Å². The Balaban J connectivity index is 1.44. The van der Waals surface area contributed by atoms with Gasteiger partial charge in [-0.3, -0.25) is 4.57 Å². The summed E-state index contributed by atoms with van der Waals surface area (Å²) < 4.78 is 68.5. The Morgan fingerprint density at radius 3 is 2.61 bits per heavy atom. The van der Waals surface area contributed by atoms with Crippen LogP contribution in [0.3, 0.4) is 0 Å². The second-order valence-corrected chi connectivity index (χ2v) is 8.16. The minimum absolute atomic E-state index is 0.0629. The van der Waals surface area contributed by atoms with Gasteiger partial charge in [0.1, 0.15) is 11.2 Å². The molecule has 0 fully saturated rings. The van der Waals surface area contributed by atoms with Crippen molar-refractivity contribution in [3.63, 3.8) is 0 Å². The SMILES string of the molecule is O=c1nc(N2CC=C(c3cccc(OC(F)F)n3)CC2)ncn1Cc1ccc(C(F)(F)F)s1. The third-order valence-electron chi connectivity index (χ3n) is 4.78. The number of aromatic nitrogens is 4. The molecule has 13 heteroatoms. The highest BCUT2D eigenvalue weighted by Gasteiger charge is 2.32. The third kappa shape index (κ3) is 5.53. The van der Waals surface area contributed by atoms with Gasteiger partial charge in [-0.25, -0.2) is 14.8 Å².